The summed E-state index contributed by atoms with van der Waals surface area (Å²) in [4.78, 5) is 24.5. The molecular weight excluding hydrogens is 423 g/mol. The van der Waals surface area contributed by atoms with E-state index >= 15 is 0 Å². The maximum Gasteiger partial charge on any atom is 0.441 e. The molecule has 5 rings (SSSR count). The van der Waals surface area contributed by atoms with Crippen LogP contribution in [-0.4, -0.2) is 20.9 Å². The van der Waals surface area contributed by atoms with E-state index in [1.807, 2.05) is 24.3 Å². The van der Waals surface area contributed by atoms with Crippen molar-refractivity contribution in [3.8, 4) is 5.69 Å². The van der Waals surface area contributed by atoms with Crippen LogP contribution in [0.15, 0.2) is 62.5 Å². The molecule has 1 aliphatic rings. The molecule has 2 aromatic carbocycles. The highest BCUT2D eigenvalue weighted by Crippen LogP contribution is 2.33. The predicted octanol–water partition coefficient (Wildman–Crippen LogP) is 3.68. The summed E-state index contributed by atoms with van der Waals surface area (Å²) < 4.78 is 22.8. The summed E-state index contributed by atoms with van der Waals surface area (Å²) >= 11 is 0. The smallest absolute Gasteiger partial charge is 0.392 e. The first kappa shape index (κ1) is 21.3. The van der Waals surface area contributed by atoms with E-state index in [0.717, 1.165) is 5.39 Å². The molecule has 0 saturated carbocycles. The molecule has 0 spiro atoms. The summed E-state index contributed by atoms with van der Waals surface area (Å²) in [6.07, 6.45) is 1.11. The highest BCUT2D eigenvalue weighted by atomic mass is 19.1. The van der Waals surface area contributed by atoms with E-state index in [1.165, 1.54) is 22.4 Å². The van der Waals surface area contributed by atoms with Crippen LogP contribution in [0.25, 0.3) is 16.6 Å². The van der Waals surface area contributed by atoms with E-state index in [9.17, 15) is 14.0 Å². The Labute approximate surface area is 189 Å². The molecule has 33 heavy (non-hydrogen) atoms. The monoisotopic (exact) mass is 448 g/mol. The lowest BCUT2D eigenvalue weighted by molar-refractivity contribution is 0.434. The number of nitrogens with one attached hydrogen (secondary N) is 1. The maximum atomic E-state index is 14.6. The van der Waals surface area contributed by atoms with E-state index in [0.29, 0.717) is 54.5 Å². The quantitative estimate of drug-likeness (QED) is 0.436. The number of hydrogen-bond acceptors (Lipinski definition) is 5. The minimum absolute atomic E-state index is 0.132. The van der Waals surface area contributed by atoms with E-state index in [2.05, 4.69) is 24.3 Å². The van der Waals surface area contributed by atoms with Gasteiger partial charge in [0.25, 0.3) is 5.56 Å². The number of halogens is 1. The first-order valence-electron chi connectivity index (χ1n) is 11.2. The molecule has 1 N–H and O–H groups in total. The normalized spacial score (nSPS) is 15.1. The predicted molar refractivity (Wildman–Crippen MR) is 123 cm³/mol. The molecule has 0 bridgehead atoms. The van der Waals surface area contributed by atoms with Gasteiger partial charge in [-0.15, -0.1) is 5.10 Å². The minimum Gasteiger partial charge on any atom is -0.392 e. The van der Waals surface area contributed by atoms with Crippen molar-refractivity contribution < 1.29 is 8.81 Å². The lowest BCUT2D eigenvalue weighted by Crippen LogP contribution is -2.26. The van der Waals surface area contributed by atoms with Crippen molar-refractivity contribution in [1.29, 1.82) is 0 Å². The number of benzene rings is 2. The van der Waals surface area contributed by atoms with E-state index in [4.69, 9.17) is 4.42 Å². The van der Waals surface area contributed by atoms with Gasteiger partial charge in [0.15, 0.2) is 0 Å². The first-order valence-corrected chi connectivity index (χ1v) is 11.2. The van der Waals surface area contributed by atoms with Crippen LogP contribution in [0, 0.1) is 5.82 Å². The van der Waals surface area contributed by atoms with Gasteiger partial charge in [-0.25, -0.2) is 9.18 Å². The summed E-state index contributed by atoms with van der Waals surface area (Å²) in [6.45, 7) is 5.17. The number of pyridine rings is 1. The van der Waals surface area contributed by atoms with Crippen LogP contribution in [0.3, 0.4) is 0 Å². The molecule has 0 radical (unpaired) electrons. The Morgan fingerprint density at radius 1 is 1.12 bits per heavy atom. The topological polar surface area (TPSA) is 82.1 Å². The summed E-state index contributed by atoms with van der Waals surface area (Å²) in [7, 11) is 0. The number of aromatic nitrogens is 3. The Morgan fingerprint density at radius 2 is 1.88 bits per heavy atom. The third kappa shape index (κ3) is 3.91. The highest BCUT2D eigenvalue weighted by Gasteiger charge is 2.28. The molecule has 0 aliphatic carbocycles. The van der Waals surface area contributed by atoms with Crippen molar-refractivity contribution in [2.24, 2.45) is 0 Å². The molecule has 1 aliphatic heterocycles. The first-order chi connectivity index (χ1) is 15.9. The van der Waals surface area contributed by atoms with Crippen molar-refractivity contribution in [2.45, 2.75) is 45.2 Å². The van der Waals surface area contributed by atoms with Crippen LogP contribution in [-0.2, 0) is 13.0 Å². The summed E-state index contributed by atoms with van der Waals surface area (Å²) in [5.74, 6) is -0.0727. The van der Waals surface area contributed by atoms with E-state index in [-0.39, 0.29) is 17.4 Å². The SMILES string of the molecule is CC(C)c1ccc(-n2nc(CCCN[C@@H]3Cn4c(=O)ccc5ccc(F)c3c54)oc2=O)cc1. The Bertz CT molecular complexity index is 1430. The lowest BCUT2D eigenvalue weighted by atomic mass is 10.0. The Kier molecular flexibility index (Phi) is 5.46. The van der Waals surface area contributed by atoms with Gasteiger partial charge < -0.3 is 14.3 Å². The van der Waals surface area contributed by atoms with Crippen LogP contribution in [0.2, 0.25) is 0 Å². The largest absolute Gasteiger partial charge is 0.441 e. The van der Waals surface area contributed by atoms with Gasteiger partial charge in [0.1, 0.15) is 5.82 Å². The molecule has 1 atom stereocenters. The van der Waals surface area contributed by atoms with Gasteiger partial charge >= 0.3 is 5.76 Å². The van der Waals surface area contributed by atoms with Crippen LogP contribution in [0.5, 0.6) is 0 Å². The molecule has 0 saturated heterocycles. The number of aryl methyl sites for hydroxylation is 1. The molecule has 0 fully saturated rings. The summed E-state index contributed by atoms with van der Waals surface area (Å²) in [5, 5.41) is 8.51. The number of hydrogen-bond donors (Lipinski definition) is 1. The highest BCUT2D eigenvalue weighted by molar-refractivity contribution is 5.84. The van der Waals surface area contributed by atoms with Crippen LogP contribution in [0.1, 0.15) is 49.2 Å². The standard InChI is InChI=1S/C25H25FN4O3/c1-15(2)16-5-9-18(10-6-16)30-25(32)33-21(28-30)4-3-13-27-20-14-29-22(31)12-8-17-7-11-19(26)23(20)24(17)29/h5-12,15,20,27H,3-4,13-14H2,1-2H3/t20-/m1/s1. The van der Waals surface area contributed by atoms with Crippen LogP contribution >= 0.6 is 0 Å². The second-order valence-electron chi connectivity index (χ2n) is 8.71. The van der Waals surface area contributed by atoms with E-state index < -0.39 is 5.76 Å². The zero-order valence-electron chi connectivity index (χ0n) is 18.5. The summed E-state index contributed by atoms with van der Waals surface area (Å²) in [5.41, 5.74) is 2.91. The van der Waals surface area contributed by atoms with Gasteiger partial charge in [-0.1, -0.05) is 26.0 Å². The second-order valence-corrected chi connectivity index (χ2v) is 8.71. The van der Waals surface area contributed by atoms with Crippen LogP contribution in [0.4, 0.5) is 4.39 Å². The fourth-order valence-corrected chi connectivity index (χ4v) is 4.45. The van der Waals surface area contributed by atoms with Crippen molar-refractivity contribution in [3.05, 3.63) is 92.3 Å². The fraction of sp³-hybridized carbons (Fsp3) is 0.320. The molecule has 4 aromatic rings. The van der Waals surface area contributed by atoms with Gasteiger partial charge in [0.2, 0.25) is 5.89 Å². The van der Waals surface area contributed by atoms with Gasteiger partial charge in [-0.3, -0.25) is 4.79 Å². The maximum absolute atomic E-state index is 14.6. The molecule has 2 aromatic heterocycles. The Hall–Kier alpha value is -3.52. The zero-order chi connectivity index (χ0) is 23.1. The zero-order valence-corrected chi connectivity index (χ0v) is 18.5. The molecular formula is C25H25FN4O3. The molecule has 8 heteroatoms. The summed E-state index contributed by atoms with van der Waals surface area (Å²) in [6, 6.07) is 13.8. The average molecular weight is 448 g/mol. The second kappa shape index (κ2) is 8.44. The third-order valence-electron chi connectivity index (χ3n) is 6.20. The van der Waals surface area contributed by atoms with Crippen molar-refractivity contribution in [2.75, 3.05) is 6.54 Å². The van der Waals surface area contributed by atoms with Gasteiger partial charge in [0.05, 0.1) is 17.2 Å². The average Bonchev–Trinajstić information content (AvgIpc) is 3.37. The van der Waals surface area contributed by atoms with Gasteiger partial charge in [-0.05, 0) is 60.2 Å². The molecule has 170 valence electrons. The Balaban J connectivity index is 1.24. The molecule has 0 unspecified atom stereocenters. The third-order valence-corrected chi connectivity index (χ3v) is 6.20. The molecule has 7 nitrogen and oxygen atoms in total. The van der Waals surface area contributed by atoms with Crippen LogP contribution < -0.4 is 16.6 Å². The minimum atomic E-state index is -0.519. The van der Waals surface area contributed by atoms with Crippen molar-refractivity contribution in [3.63, 3.8) is 0 Å². The van der Waals surface area contributed by atoms with Crippen molar-refractivity contribution in [1.82, 2.24) is 19.7 Å². The number of nitrogens with zero attached hydrogens (tertiary/aromatic N) is 3. The van der Waals surface area contributed by atoms with E-state index in [1.54, 1.807) is 16.7 Å². The van der Waals surface area contributed by atoms with Crippen molar-refractivity contribution >= 4 is 10.9 Å². The Morgan fingerprint density at radius 3 is 2.64 bits per heavy atom. The van der Waals surface area contributed by atoms with Gasteiger partial charge in [0, 0.05) is 24.6 Å². The van der Waals surface area contributed by atoms with Gasteiger partial charge in [-0.2, -0.15) is 4.68 Å². The number of rotatable bonds is 7. The molecule has 3 heterocycles. The lowest BCUT2D eigenvalue weighted by Gasteiger charge is -2.13. The fourth-order valence-electron chi connectivity index (χ4n) is 4.45. The molecule has 0 amide bonds.